The van der Waals surface area contributed by atoms with Crippen molar-refractivity contribution in [2.75, 3.05) is 11.9 Å². The molecule has 1 aliphatic rings. The highest BCUT2D eigenvalue weighted by Gasteiger charge is 2.40. The first kappa shape index (κ1) is 15.5. The number of hydrogen-bond acceptors (Lipinski definition) is 3. The van der Waals surface area contributed by atoms with Crippen molar-refractivity contribution in [2.24, 2.45) is 5.92 Å². The summed E-state index contributed by atoms with van der Waals surface area (Å²) in [5.41, 5.74) is 0.817. The molecule has 114 valence electrons. The van der Waals surface area contributed by atoms with E-state index in [0.29, 0.717) is 5.69 Å². The summed E-state index contributed by atoms with van der Waals surface area (Å²) in [4.78, 5) is 23.5. The average molecular weight is 290 g/mol. The number of aliphatic hydroxyl groups is 1. The Bertz CT molecular complexity index is 519. The van der Waals surface area contributed by atoms with Gasteiger partial charge in [-0.3, -0.25) is 9.59 Å². The lowest BCUT2D eigenvalue weighted by Gasteiger charge is -2.22. The molecular weight excluding hydrogens is 268 g/mol. The molecule has 0 spiro atoms. The molecule has 1 aromatic rings. The van der Waals surface area contributed by atoms with Crippen LogP contribution in [0.15, 0.2) is 24.3 Å². The number of rotatable bonds is 5. The van der Waals surface area contributed by atoms with Crippen LogP contribution in [0.4, 0.5) is 5.69 Å². The van der Waals surface area contributed by atoms with Crippen molar-refractivity contribution < 1.29 is 14.7 Å². The van der Waals surface area contributed by atoms with Crippen LogP contribution in [-0.4, -0.2) is 29.1 Å². The van der Waals surface area contributed by atoms with Crippen molar-refractivity contribution in [3.63, 3.8) is 0 Å². The van der Waals surface area contributed by atoms with Gasteiger partial charge >= 0.3 is 11.8 Å². The summed E-state index contributed by atoms with van der Waals surface area (Å²) < 4.78 is 0. The molecule has 0 aliphatic heterocycles. The molecule has 1 atom stereocenters. The fourth-order valence-corrected chi connectivity index (χ4v) is 2.20. The Morgan fingerprint density at radius 1 is 1.24 bits per heavy atom. The van der Waals surface area contributed by atoms with Gasteiger partial charge in [-0.15, -0.1) is 0 Å². The number of benzene rings is 1. The number of carbonyl (C=O) groups is 2. The molecule has 5 heteroatoms. The minimum atomic E-state index is -0.932. The van der Waals surface area contributed by atoms with Crippen molar-refractivity contribution in [3.05, 3.63) is 29.8 Å². The van der Waals surface area contributed by atoms with Gasteiger partial charge in [-0.05, 0) is 49.8 Å². The van der Waals surface area contributed by atoms with Crippen LogP contribution in [0.5, 0.6) is 0 Å². The number of anilines is 1. The van der Waals surface area contributed by atoms with Crippen LogP contribution in [-0.2, 0) is 16.0 Å². The zero-order valence-electron chi connectivity index (χ0n) is 12.5. The van der Waals surface area contributed by atoms with E-state index in [-0.39, 0.29) is 12.5 Å². The Morgan fingerprint density at radius 2 is 1.86 bits per heavy atom. The van der Waals surface area contributed by atoms with Gasteiger partial charge < -0.3 is 15.7 Å². The Kier molecular flexibility index (Phi) is 4.63. The quantitative estimate of drug-likeness (QED) is 0.718. The first-order valence-electron chi connectivity index (χ1n) is 7.33. The number of carbonyl (C=O) groups excluding carboxylic acids is 2. The lowest BCUT2D eigenvalue weighted by atomic mass is 10.0. The van der Waals surface area contributed by atoms with Gasteiger partial charge in [0.1, 0.15) is 0 Å². The molecule has 0 saturated heterocycles. The van der Waals surface area contributed by atoms with Crippen LogP contribution >= 0.6 is 0 Å². The number of hydrogen-bond donors (Lipinski definition) is 3. The summed E-state index contributed by atoms with van der Waals surface area (Å²) in [6, 6.07) is 7.35. The second-order valence-electron chi connectivity index (χ2n) is 5.82. The summed E-state index contributed by atoms with van der Waals surface area (Å²) in [6.45, 7) is 3.83. The molecular formula is C16H22N2O3. The summed E-state index contributed by atoms with van der Waals surface area (Å²) in [7, 11) is 0. The largest absolute Gasteiger partial charge is 0.388 e. The van der Waals surface area contributed by atoms with Gasteiger partial charge in [0.15, 0.2) is 0 Å². The van der Waals surface area contributed by atoms with E-state index in [1.165, 1.54) is 0 Å². The van der Waals surface area contributed by atoms with Crippen LogP contribution in [0.1, 0.15) is 32.3 Å². The van der Waals surface area contributed by atoms with Gasteiger partial charge in [0.2, 0.25) is 0 Å². The monoisotopic (exact) mass is 290 g/mol. The fourth-order valence-electron chi connectivity index (χ4n) is 2.20. The lowest BCUT2D eigenvalue weighted by molar-refractivity contribution is -0.136. The maximum atomic E-state index is 11.8. The normalized spacial score (nSPS) is 16.9. The van der Waals surface area contributed by atoms with Crippen molar-refractivity contribution in [3.8, 4) is 0 Å². The molecule has 3 N–H and O–H groups in total. The first-order valence-corrected chi connectivity index (χ1v) is 7.33. The molecule has 2 amide bonds. The van der Waals surface area contributed by atoms with E-state index < -0.39 is 17.4 Å². The molecule has 1 aliphatic carbocycles. The third-order valence-electron chi connectivity index (χ3n) is 3.89. The first-order chi connectivity index (χ1) is 9.92. The summed E-state index contributed by atoms with van der Waals surface area (Å²) in [5, 5.41) is 15.1. The van der Waals surface area contributed by atoms with Gasteiger partial charge in [-0.25, -0.2) is 0 Å². The smallest absolute Gasteiger partial charge is 0.313 e. The highest BCUT2D eigenvalue weighted by molar-refractivity contribution is 6.39. The molecule has 21 heavy (non-hydrogen) atoms. The van der Waals surface area contributed by atoms with Crippen molar-refractivity contribution in [2.45, 2.75) is 38.7 Å². The Hall–Kier alpha value is -1.88. The van der Waals surface area contributed by atoms with Crippen LogP contribution < -0.4 is 10.6 Å². The van der Waals surface area contributed by atoms with Gasteiger partial charge in [0, 0.05) is 12.2 Å². The summed E-state index contributed by atoms with van der Waals surface area (Å²) in [5.74, 6) is -1.22. The minimum Gasteiger partial charge on any atom is -0.388 e. The molecule has 0 heterocycles. The molecule has 5 nitrogen and oxygen atoms in total. The van der Waals surface area contributed by atoms with E-state index >= 15 is 0 Å². The predicted octanol–water partition coefficient (Wildman–Crippen LogP) is 1.46. The van der Waals surface area contributed by atoms with E-state index in [2.05, 4.69) is 10.6 Å². The molecule has 0 bridgehead atoms. The standard InChI is InChI=1S/C16H22N2O3/c1-3-11-4-8-13(9-5-11)18-15(20)14(19)17-10-16(2,21)12-6-7-12/h4-5,8-9,12,21H,3,6-7,10H2,1-2H3,(H,17,19)(H,18,20). The maximum Gasteiger partial charge on any atom is 0.313 e. The zero-order valence-corrected chi connectivity index (χ0v) is 12.5. The molecule has 0 aromatic heterocycles. The van der Waals surface area contributed by atoms with E-state index in [4.69, 9.17) is 0 Å². The highest BCUT2D eigenvalue weighted by atomic mass is 16.3. The third-order valence-corrected chi connectivity index (χ3v) is 3.89. The zero-order chi connectivity index (χ0) is 15.5. The lowest BCUT2D eigenvalue weighted by Crippen LogP contribution is -2.45. The Morgan fingerprint density at radius 3 is 2.38 bits per heavy atom. The SMILES string of the molecule is CCc1ccc(NC(=O)C(=O)NCC(C)(O)C2CC2)cc1. The maximum absolute atomic E-state index is 11.8. The van der Waals surface area contributed by atoms with E-state index in [0.717, 1.165) is 24.8 Å². The van der Waals surface area contributed by atoms with Crippen LogP contribution in [0.3, 0.4) is 0 Å². The molecule has 0 radical (unpaired) electrons. The van der Waals surface area contributed by atoms with Gasteiger partial charge in [-0.1, -0.05) is 19.1 Å². The van der Waals surface area contributed by atoms with Crippen LogP contribution in [0.2, 0.25) is 0 Å². The minimum absolute atomic E-state index is 0.0959. The number of aryl methyl sites for hydroxylation is 1. The average Bonchev–Trinajstić information content (AvgIpc) is 3.30. The predicted molar refractivity (Wildman–Crippen MR) is 80.8 cm³/mol. The Labute approximate surface area is 124 Å². The summed E-state index contributed by atoms with van der Waals surface area (Å²) in [6.07, 6.45) is 2.86. The van der Waals surface area contributed by atoms with Crippen molar-refractivity contribution in [1.29, 1.82) is 0 Å². The van der Waals surface area contributed by atoms with Crippen molar-refractivity contribution in [1.82, 2.24) is 5.32 Å². The molecule has 1 aromatic carbocycles. The number of nitrogens with one attached hydrogen (secondary N) is 2. The van der Waals surface area contributed by atoms with Crippen molar-refractivity contribution >= 4 is 17.5 Å². The highest BCUT2D eigenvalue weighted by Crippen LogP contribution is 2.38. The van der Waals surface area contributed by atoms with Gasteiger partial charge in [0.05, 0.1) is 5.60 Å². The van der Waals surface area contributed by atoms with E-state index in [1.807, 2.05) is 19.1 Å². The molecule has 2 rings (SSSR count). The van der Waals surface area contributed by atoms with E-state index in [1.54, 1.807) is 19.1 Å². The van der Waals surface area contributed by atoms with Crippen LogP contribution in [0.25, 0.3) is 0 Å². The Balaban J connectivity index is 1.82. The van der Waals surface area contributed by atoms with Gasteiger partial charge in [-0.2, -0.15) is 0 Å². The molecule has 1 saturated carbocycles. The van der Waals surface area contributed by atoms with Gasteiger partial charge in [0.25, 0.3) is 0 Å². The van der Waals surface area contributed by atoms with E-state index in [9.17, 15) is 14.7 Å². The molecule has 1 unspecified atom stereocenters. The summed E-state index contributed by atoms with van der Waals surface area (Å²) >= 11 is 0. The van der Waals surface area contributed by atoms with Crippen LogP contribution in [0, 0.1) is 5.92 Å². The number of amides is 2. The third kappa shape index (κ3) is 4.29. The fraction of sp³-hybridized carbons (Fsp3) is 0.500. The second kappa shape index (κ2) is 6.26. The second-order valence-corrected chi connectivity index (χ2v) is 5.82. The molecule has 1 fully saturated rings. The topological polar surface area (TPSA) is 78.4 Å².